The molecule has 6 nitrogen and oxygen atoms in total. The van der Waals surface area contributed by atoms with Crippen molar-refractivity contribution in [2.45, 2.75) is 19.5 Å². The Morgan fingerprint density at radius 1 is 1.00 bits per heavy atom. The first kappa shape index (κ1) is 25.0. The number of amides is 1. The molecule has 1 aliphatic rings. The lowest BCUT2D eigenvalue weighted by atomic mass is 9.98. The number of fused-ring (bicyclic) bond motifs is 1. The van der Waals surface area contributed by atoms with Gasteiger partial charge in [0.2, 0.25) is 0 Å². The molecule has 7 heteroatoms. The highest BCUT2D eigenvalue weighted by atomic mass is 19.1. The van der Waals surface area contributed by atoms with Crippen molar-refractivity contribution in [2.75, 3.05) is 18.1 Å². The molecule has 0 radical (unpaired) electrons. The van der Waals surface area contributed by atoms with E-state index in [0.29, 0.717) is 42.1 Å². The Morgan fingerprint density at radius 2 is 1.79 bits per heavy atom. The predicted octanol–water partition coefficient (Wildman–Crippen LogP) is 6.08. The first-order valence-electron chi connectivity index (χ1n) is 12.4. The minimum atomic E-state index is -0.953. The largest absolute Gasteiger partial charge is 0.490 e. The molecule has 1 atom stereocenters. The molecule has 1 heterocycles. The summed E-state index contributed by atoms with van der Waals surface area (Å²) in [6, 6.07) is 26.1. The maximum Gasteiger partial charge on any atom is 0.336 e. The SMILES string of the molecule is C[C@H](NC(=O)c1ccc2c(c1)OCCN2Cc1ccc(-c2ccccc2C(=O)O)cc1)c1cccc(F)c1. The number of carboxylic acid groups (broad SMARTS) is 1. The van der Waals surface area contributed by atoms with Crippen molar-refractivity contribution >= 4 is 17.6 Å². The predicted molar refractivity (Wildman–Crippen MR) is 144 cm³/mol. The molecular weight excluding hydrogens is 483 g/mol. The third-order valence-corrected chi connectivity index (χ3v) is 6.67. The van der Waals surface area contributed by atoms with E-state index in [4.69, 9.17) is 4.74 Å². The van der Waals surface area contributed by atoms with Gasteiger partial charge in [0.05, 0.1) is 23.8 Å². The number of hydrogen-bond acceptors (Lipinski definition) is 4. The van der Waals surface area contributed by atoms with Crippen LogP contribution in [-0.2, 0) is 6.54 Å². The van der Waals surface area contributed by atoms with Gasteiger partial charge in [-0.2, -0.15) is 0 Å². The molecule has 0 aliphatic carbocycles. The number of ether oxygens (including phenoxy) is 1. The van der Waals surface area contributed by atoms with Crippen LogP contribution in [0.25, 0.3) is 11.1 Å². The van der Waals surface area contributed by atoms with Crippen molar-refractivity contribution in [3.63, 3.8) is 0 Å². The number of halogens is 1. The Bertz CT molecular complexity index is 1490. The molecule has 4 aromatic rings. The average molecular weight is 511 g/mol. The third-order valence-electron chi connectivity index (χ3n) is 6.67. The Balaban J connectivity index is 1.29. The summed E-state index contributed by atoms with van der Waals surface area (Å²) in [7, 11) is 0. The second-order valence-corrected chi connectivity index (χ2v) is 9.25. The van der Waals surface area contributed by atoms with E-state index in [2.05, 4.69) is 10.2 Å². The summed E-state index contributed by atoms with van der Waals surface area (Å²) in [6.45, 7) is 3.63. The minimum absolute atomic E-state index is 0.262. The van der Waals surface area contributed by atoms with Gasteiger partial charge in [0.25, 0.3) is 5.91 Å². The zero-order chi connectivity index (χ0) is 26.6. The van der Waals surface area contributed by atoms with E-state index >= 15 is 0 Å². The lowest BCUT2D eigenvalue weighted by Crippen LogP contribution is -2.32. The van der Waals surface area contributed by atoms with Crippen LogP contribution in [-0.4, -0.2) is 30.1 Å². The van der Waals surface area contributed by atoms with Gasteiger partial charge in [-0.3, -0.25) is 4.79 Å². The van der Waals surface area contributed by atoms with Gasteiger partial charge < -0.3 is 20.1 Å². The molecule has 2 N–H and O–H groups in total. The number of carbonyl (C=O) groups excluding carboxylic acids is 1. The highest BCUT2D eigenvalue weighted by Crippen LogP contribution is 2.34. The summed E-state index contributed by atoms with van der Waals surface area (Å²) in [5, 5.41) is 12.4. The maximum atomic E-state index is 13.6. The van der Waals surface area contributed by atoms with Crippen molar-refractivity contribution in [1.29, 1.82) is 0 Å². The average Bonchev–Trinajstić information content (AvgIpc) is 2.93. The van der Waals surface area contributed by atoms with Gasteiger partial charge >= 0.3 is 5.97 Å². The van der Waals surface area contributed by atoms with E-state index in [1.165, 1.54) is 12.1 Å². The standard InChI is InChI=1S/C31H27FN2O4/c1-20(23-5-4-6-25(32)17-23)33-30(35)24-13-14-28-29(18-24)38-16-15-34(28)19-21-9-11-22(12-10-21)26-7-2-3-8-27(26)31(36)37/h2-14,17-18,20H,15-16,19H2,1H3,(H,33,35)(H,36,37)/t20-/m0/s1. The smallest absolute Gasteiger partial charge is 0.336 e. The van der Waals surface area contributed by atoms with E-state index < -0.39 is 5.97 Å². The second kappa shape index (κ2) is 10.8. The molecule has 0 unspecified atom stereocenters. The molecule has 0 saturated heterocycles. The first-order chi connectivity index (χ1) is 18.4. The third kappa shape index (κ3) is 5.37. The summed E-state index contributed by atoms with van der Waals surface area (Å²) in [4.78, 5) is 26.6. The van der Waals surface area contributed by atoms with Crippen LogP contribution in [0.5, 0.6) is 5.75 Å². The van der Waals surface area contributed by atoms with Crippen molar-refractivity contribution in [3.8, 4) is 16.9 Å². The number of anilines is 1. The van der Waals surface area contributed by atoms with Gasteiger partial charge in [-0.25, -0.2) is 9.18 Å². The molecule has 4 aromatic carbocycles. The number of nitrogens with zero attached hydrogens (tertiary/aromatic N) is 1. The number of hydrogen-bond donors (Lipinski definition) is 2. The minimum Gasteiger partial charge on any atom is -0.490 e. The van der Waals surface area contributed by atoms with Gasteiger partial charge in [-0.15, -0.1) is 0 Å². The summed E-state index contributed by atoms with van der Waals surface area (Å²) in [5.41, 5.74) is 4.92. The molecule has 38 heavy (non-hydrogen) atoms. The molecular formula is C31H27FN2O4. The van der Waals surface area contributed by atoms with E-state index in [9.17, 15) is 19.1 Å². The van der Waals surface area contributed by atoms with Gasteiger partial charge in [0.1, 0.15) is 18.2 Å². The molecule has 1 aliphatic heterocycles. The fourth-order valence-corrected chi connectivity index (χ4v) is 4.65. The highest BCUT2D eigenvalue weighted by molar-refractivity contribution is 5.96. The van der Waals surface area contributed by atoms with Crippen LogP contribution in [0, 0.1) is 5.82 Å². The van der Waals surface area contributed by atoms with Crippen molar-refractivity contribution in [2.24, 2.45) is 0 Å². The second-order valence-electron chi connectivity index (χ2n) is 9.25. The molecule has 0 spiro atoms. The lowest BCUT2D eigenvalue weighted by Gasteiger charge is -2.31. The fraction of sp³-hybridized carbons (Fsp3) is 0.161. The van der Waals surface area contributed by atoms with Crippen LogP contribution in [0.15, 0.2) is 91.0 Å². The van der Waals surface area contributed by atoms with Crippen LogP contribution >= 0.6 is 0 Å². The zero-order valence-electron chi connectivity index (χ0n) is 20.9. The monoisotopic (exact) mass is 510 g/mol. The summed E-state index contributed by atoms with van der Waals surface area (Å²) < 4.78 is 19.4. The Morgan fingerprint density at radius 3 is 2.55 bits per heavy atom. The molecule has 192 valence electrons. The molecule has 0 aromatic heterocycles. The summed E-state index contributed by atoms with van der Waals surface area (Å²) in [5.74, 6) is -0.923. The van der Waals surface area contributed by atoms with Crippen LogP contribution < -0.4 is 15.0 Å². The number of rotatable bonds is 7. The number of aromatic carboxylic acids is 1. The number of carboxylic acids is 1. The van der Waals surface area contributed by atoms with Crippen LogP contribution in [0.4, 0.5) is 10.1 Å². The highest BCUT2D eigenvalue weighted by Gasteiger charge is 2.21. The normalized spacial score (nSPS) is 13.3. The Kier molecular flexibility index (Phi) is 7.09. The molecule has 0 bridgehead atoms. The van der Waals surface area contributed by atoms with Gasteiger partial charge in [0.15, 0.2) is 0 Å². The number of benzene rings is 4. The summed E-state index contributed by atoms with van der Waals surface area (Å²) >= 11 is 0. The van der Waals surface area contributed by atoms with Crippen molar-refractivity contribution in [1.82, 2.24) is 5.32 Å². The molecule has 0 fully saturated rings. The Labute approximate surface area is 220 Å². The van der Waals surface area contributed by atoms with Crippen LogP contribution in [0.2, 0.25) is 0 Å². The summed E-state index contributed by atoms with van der Waals surface area (Å²) in [6.07, 6.45) is 0. The van der Waals surface area contributed by atoms with Crippen molar-refractivity contribution in [3.05, 3.63) is 119 Å². The van der Waals surface area contributed by atoms with E-state index in [-0.39, 0.29) is 23.3 Å². The Hall–Kier alpha value is -4.65. The quantitative estimate of drug-likeness (QED) is 0.315. The van der Waals surface area contributed by atoms with E-state index in [1.54, 1.807) is 36.4 Å². The molecule has 1 amide bonds. The van der Waals surface area contributed by atoms with Gasteiger partial charge in [-0.05, 0) is 65.6 Å². The van der Waals surface area contributed by atoms with E-state index in [0.717, 1.165) is 16.8 Å². The lowest BCUT2D eigenvalue weighted by molar-refractivity contribution is 0.0697. The first-order valence-corrected chi connectivity index (χ1v) is 12.4. The van der Waals surface area contributed by atoms with Gasteiger partial charge in [-0.1, -0.05) is 54.6 Å². The zero-order valence-corrected chi connectivity index (χ0v) is 20.9. The van der Waals surface area contributed by atoms with Crippen LogP contribution in [0.3, 0.4) is 0 Å². The molecule has 0 saturated carbocycles. The number of nitrogens with one attached hydrogen (secondary N) is 1. The fourth-order valence-electron chi connectivity index (χ4n) is 4.65. The molecule has 5 rings (SSSR count). The maximum absolute atomic E-state index is 13.6. The number of carbonyl (C=O) groups is 2. The topological polar surface area (TPSA) is 78.9 Å². The van der Waals surface area contributed by atoms with Crippen LogP contribution in [0.1, 0.15) is 44.8 Å². The van der Waals surface area contributed by atoms with Crippen molar-refractivity contribution < 1.29 is 23.8 Å². The van der Waals surface area contributed by atoms with E-state index in [1.807, 2.05) is 49.4 Å². The van der Waals surface area contributed by atoms with Gasteiger partial charge in [0, 0.05) is 12.1 Å².